The summed E-state index contributed by atoms with van der Waals surface area (Å²) in [5, 5.41) is 8.83. The SMILES string of the molecule is CN(C)C1CCCN(c2cc(Br)ccc2C=CC(=O)O)C1. The first-order chi connectivity index (χ1) is 9.97. The second-order valence-corrected chi connectivity index (χ2v) is 6.50. The maximum atomic E-state index is 10.8. The lowest BCUT2D eigenvalue weighted by Gasteiger charge is -2.38. The van der Waals surface area contributed by atoms with Gasteiger partial charge in [0.25, 0.3) is 0 Å². The summed E-state index contributed by atoms with van der Waals surface area (Å²) < 4.78 is 1.01. The smallest absolute Gasteiger partial charge is 0.328 e. The average molecular weight is 353 g/mol. The normalized spacial score (nSPS) is 19.4. The Balaban J connectivity index is 2.28. The van der Waals surface area contributed by atoms with Crippen LogP contribution in [0, 0.1) is 0 Å². The lowest BCUT2D eigenvalue weighted by molar-refractivity contribution is -0.131. The summed E-state index contributed by atoms with van der Waals surface area (Å²) in [6, 6.07) is 6.50. The van der Waals surface area contributed by atoms with Crippen LogP contribution in [0.2, 0.25) is 0 Å². The number of anilines is 1. The molecule has 5 heteroatoms. The molecule has 4 nitrogen and oxygen atoms in total. The third kappa shape index (κ3) is 4.32. The van der Waals surface area contributed by atoms with Crippen molar-refractivity contribution in [3.8, 4) is 0 Å². The standard InChI is InChI=1S/C16H21BrN2O2/c1-18(2)14-4-3-9-19(11-14)15-10-13(17)7-5-12(15)6-8-16(20)21/h5-8,10,14H,3-4,9,11H2,1-2H3,(H,20,21). The van der Waals surface area contributed by atoms with E-state index in [2.05, 4.69) is 45.9 Å². The molecular weight excluding hydrogens is 332 g/mol. The van der Waals surface area contributed by atoms with Crippen LogP contribution < -0.4 is 4.90 Å². The highest BCUT2D eigenvalue weighted by atomic mass is 79.9. The van der Waals surface area contributed by atoms with Crippen molar-refractivity contribution in [3.05, 3.63) is 34.3 Å². The van der Waals surface area contributed by atoms with Gasteiger partial charge in [0.15, 0.2) is 0 Å². The van der Waals surface area contributed by atoms with E-state index in [-0.39, 0.29) is 0 Å². The second kappa shape index (κ2) is 7.09. The topological polar surface area (TPSA) is 43.8 Å². The molecule has 1 saturated heterocycles. The molecule has 1 aromatic carbocycles. The van der Waals surface area contributed by atoms with Crippen molar-refractivity contribution in [2.45, 2.75) is 18.9 Å². The van der Waals surface area contributed by atoms with E-state index in [9.17, 15) is 4.79 Å². The summed E-state index contributed by atoms with van der Waals surface area (Å²) in [6.07, 6.45) is 5.22. The fraction of sp³-hybridized carbons (Fsp3) is 0.438. The highest BCUT2D eigenvalue weighted by Crippen LogP contribution is 2.29. The molecule has 0 spiro atoms. The first-order valence-electron chi connectivity index (χ1n) is 7.09. The summed E-state index contributed by atoms with van der Waals surface area (Å²) in [5.74, 6) is -0.923. The number of halogens is 1. The minimum Gasteiger partial charge on any atom is -0.478 e. The summed E-state index contributed by atoms with van der Waals surface area (Å²) >= 11 is 3.51. The van der Waals surface area contributed by atoms with Gasteiger partial charge in [0.1, 0.15) is 0 Å². The molecule has 0 amide bonds. The Morgan fingerprint density at radius 3 is 2.90 bits per heavy atom. The number of rotatable bonds is 4. The highest BCUT2D eigenvalue weighted by molar-refractivity contribution is 9.10. The number of hydrogen-bond donors (Lipinski definition) is 1. The third-order valence-corrected chi connectivity index (χ3v) is 4.36. The highest BCUT2D eigenvalue weighted by Gasteiger charge is 2.22. The minimum atomic E-state index is -0.923. The van der Waals surface area contributed by atoms with Crippen molar-refractivity contribution in [2.75, 3.05) is 32.1 Å². The molecule has 21 heavy (non-hydrogen) atoms. The van der Waals surface area contributed by atoms with Gasteiger partial charge in [-0.25, -0.2) is 4.79 Å². The Labute approximate surface area is 134 Å². The molecular formula is C16H21BrN2O2. The number of hydrogen-bond acceptors (Lipinski definition) is 3. The summed E-state index contributed by atoms with van der Waals surface area (Å²) in [5.41, 5.74) is 2.04. The molecule has 114 valence electrons. The number of likely N-dealkylation sites (N-methyl/N-ethyl adjacent to an activating group) is 1. The van der Waals surface area contributed by atoms with Gasteiger partial charge in [0, 0.05) is 35.4 Å². The molecule has 1 atom stereocenters. The molecule has 1 aliphatic rings. The zero-order valence-corrected chi connectivity index (χ0v) is 14.0. The Morgan fingerprint density at radius 1 is 1.48 bits per heavy atom. The van der Waals surface area contributed by atoms with Gasteiger partial charge in [-0.3, -0.25) is 0 Å². The third-order valence-electron chi connectivity index (χ3n) is 3.87. The summed E-state index contributed by atoms with van der Waals surface area (Å²) in [7, 11) is 4.22. The van der Waals surface area contributed by atoms with Crippen LogP contribution in [0.5, 0.6) is 0 Å². The van der Waals surface area contributed by atoms with Gasteiger partial charge >= 0.3 is 5.97 Å². The van der Waals surface area contributed by atoms with E-state index in [1.807, 2.05) is 12.1 Å². The Bertz CT molecular complexity index is 543. The molecule has 0 radical (unpaired) electrons. The van der Waals surface area contributed by atoms with E-state index in [1.54, 1.807) is 6.08 Å². The molecule has 1 aromatic rings. The molecule has 0 bridgehead atoms. The maximum Gasteiger partial charge on any atom is 0.328 e. The molecule has 1 aliphatic heterocycles. The molecule has 0 saturated carbocycles. The van der Waals surface area contributed by atoms with Crippen LogP contribution in [-0.2, 0) is 4.79 Å². The number of benzene rings is 1. The van der Waals surface area contributed by atoms with Crippen LogP contribution in [0.25, 0.3) is 6.08 Å². The fourth-order valence-electron chi connectivity index (χ4n) is 2.69. The lowest BCUT2D eigenvalue weighted by atomic mass is 10.0. The molecule has 1 unspecified atom stereocenters. The molecule has 2 rings (SSSR count). The van der Waals surface area contributed by atoms with Gasteiger partial charge in [0.2, 0.25) is 0 Å². The van der Waals surface area contributed by atoms with E-state index in [4.69, 9.17) is 5.11 Å². The summed E-state index contributed by atoms with van der Waals surface area (Å²) in [4.78, 5) is 15.4. The Morgan fingerprint density at radius 2 is 2.24 bits per heavy atom. The van der Waals surface area contributed by atoms with E-state index < -0.39 is 5.97 Å². The van der Waals surface area contributed by atoms with Gasteiger partial charge in [-0.1, -0.05) is 22.0 Å². The van der Waals surface area contributed by atoms with Gasteiger partial charge in [0.05, 0.1) is 0 Å². The van der Waals surface area contributed by atoms with E-state index in [1.165, 1.54) is 12.5 Å². The predicted octanol–water partition coefficient (Wildman–Crippen LogP) is 3.08. The van der Waals surface area contributed by atoms with Gasteiger partial charge in [-0.2, -0.15) is 0 Å². The van der Waals surface area contributed by atoms with Crippen molar-refractivity contribution in [2.24, 2.45) is 0 Å². The maximum absolute atomic E-state index is 10.8. The van der Waals surface area contributed by atoms with E-state index in [0.717, 1.165) is 35.2 Å². The van der Waals surface area contributed by atoms with Gasteiger partial charge < -0.3 is 14.9 Å². The largest absolute Gasteiger partial charge is 0.478 e. The van der Waals surface area contributed by atoms with Crippen LogP contribution in [-0.4, -0.2) is 49.2 Å². The van der Waals surface area contributed by atoms with E-state index >= 15 is 0 Å². The zero-order valence-electron chi connectivity index (χ0n) is 12.4. The number of carboxylic acids is 1. The fourth-order valence-corrected chi connectivity index (χ4v) is 3.04. The van der Waals surface area contributed by atoms with Crippen LogP contribution in [0.15, 0.2) is 28.7 Å². The Kier molecular flexibility index (Phi) is 5.42. The van der Waals surface area contributed by atoms with Crippen LogP contribution >= 0.6 is 15.9 Å². The molecule has 1 fully saturated rings. The van der Waals surface area contributed by atoms with Crippen molar-refractivity contribution < 1.29 is 9.90 Å². The first-order valence-corrected chi connectivity index (χ1v) is 7.88. The quantitative estimate of drug-likeness (QED) is 0.845. The molecule has 0 aliphatic carbocycles. The van der Waals surface area contributed by atoms with Crippen molar-refractivity contribution in [1.29, 1.82) is 0 Å². The van der Waals surface area contributed by atoms with Gasteiger partial charge in [-0.15, -0.1) is 0 Å². The second-order valence-electron chi connectivity index (χ2n) is 5.58. The van der Waals surface area contributed by atoms with Gasteiger partial charge in [-0.05, 0) is 50.7 Å². The lowest BCUT2D eigenvalue weighted by Crippen LogP contribution is -2.45. The van der Waals surface area contributed by atoms with Crippen LogP contribution in [0.1, 0.15) is 18.4 Å². The predicted molar refractivity (Wildman–Crippen MR) is 89.7 cm³/mol. The van der Waals surface area contributed by atoms with Crippen LogP contribution in [0.4, 0.5) is 5.69 Å². The van der Waals surface area contributed by atoms with Crippen molar-refractivity contribution >= 4 is 33.7 Å². The number of carboxylic acid groups (broad SMARTS) is 1. The number of nitrogens with zero attached hydrogens (tertiary/aromatic N) is 2. The number of piperidine rings is 1. The zero-order chi connectivity index (χ0) is 15.4. The number of carbonyl (C=O) groups is 1. The van der Waals surface area contributed by atoms with Crippen molar-refractivity contribution in [3.63, 3.8) is 0 Å². The summed E-state index contributed by atoms with van der Waals surface area (Å²) in [6.45, 7) is 1.98. The monoisotopic (exact) mass is 352 g/mol. The average Bonchev–Trinajstić information content (AvgIpc) is 2.46. The van der Waals surface area contributed by atoms with E-state index in [0.29, 0.717) is 6.04 Å². The minimum absolute atomic E-state index is 0.536. The van der Waals surface area contributed by atoms with Crippen molar-refractivity contribution in [1.82, 2.24) is 4.90 Å². The molecule has 1 heterocycles. The molecule has 0 aromatic heterocycles. The number of aliphatic carboxylic acids is 1. The molecule has 1 N–H and O–H groups in total. The first kappa shape index (κ1) is 16.0. The Hall–Kier alpha value is -1.33. The van der Waals surface area contributed by atoms with Crippen LogP contribution in [0.3, 0.4) is 0 Å².